The molecule has 24 heavy (non-hydrogen) atoms. The average Bonchev–Trinajstić information content (AvgIpc) is 2.83. The fraction of sp³-hybridized carbons (Fsp3) is 0.529. The number of carbonyl (C=O) groups excluding carboxylic acids is 1. The Hall–Kier alpha value is -2.62. The zero-order chi connectivity index (χ0) is 18.1. The number of ether oxygens (including phenoxy) is 1. The molecule has 0 aliphatic rings. The highest BCUT2D eigenvalue weighted by Gasteiger charge is 2.22. The summed E-state index contributed by atoms with van der Waals surface area (Å²) in [5.74, 6) is 0.455. The van der Waals surface area contributed by atoms with Crippen molar-refractivity contribution in [2.75, 3.05) is 5.32 Å². The maximum atomic E-state index is 11.2. The number of nitriles is 1. The third-order valence-corrected chi connectivity index (χ3v) is 3.42. The van der Waals surface area contributed by atoms with Gasteiger partial charge < -0.3 is 10.1 Å². The Morgan fingerprint density at radius 1 is 1.50 bits per heavy atom. The minimum Gasteiger partial charge on any atom is -0.463 e. The number of aryl methyl sites for hydroxylation is 1. The lowest BCUT2D eigenvalue weighted by Gasteiger charge is -2.26. The molecule has 0 aromatic carbocycles. The minimum atomic E-state index is -0.314. The van der Waals surface area contributed by atoms with Crippen LogP contribution < -0.4 is 5.32 Å². The largest absolute Gasteiger partial charge is 0.463 e. The monoisotopic (exact) mass is 329 g/mol. The summed E-state index contributed by atoms with van der Waals surface area (Å²) in [5.41, 5.74) is 2.43. The van der Waals surface area contributed by atoms with Gasteiger partial charge in [-0.05, 0) is 34.6 Å². The van der Waals surface area contributed by atoms with Gasteiger partial charge in [0, 0.05) is 30.1 Å². The Labute approximate surface area is 141 Å². The summed E-state index contributed by atoms with van der Waals surface area (Å²) >= 11 is 0. The number of esters is 1. The van der Waals surface area contributed by atoms with Gasteiger partial charge in [-0.1, -0.05) is 0 Å². The summed E-state index contributed by atoms with van der Waals surface area (Å²) in [6.07, 6.45) is 1.73. The fourth-order valence-electron chi connectivity index (χ4n) is 2.56. The Balaban J connectivity index is 2.60. The lowest BCUT2D eigenvalue weighted by atomic mass is 10.0. The summed E-state index contributed by atoms with van der Waals surface area (Å²) in [5, 5.41) is 17.0. The van der Waals surface area contributed by atoms with E-state index >= 15 is 0 Å². The van der Waals surface area contributed by atoms with E-state index in [0.717, 1.165) is 17.1 Å². The predicted octanol–water partition coefficient (Wildman–Crippen LogP) is 2.61. The van der Waals surface area contributed by atoms with E-state index in [9.17, 15) is 10.1 Å². The molecule has 2 heterocycles. The molecule has 1 atom stereocenters. The summed E-state index contributed by atoms with van der Waals surface area (Å²) in [6.45, 7) is 11.3. The van der Waals surface area contributed by atoms with Gasteiger partial charge in [0.1, 0.15) is 23.6 Å². The van der Waals surface area contributed by atoms with Gasteiger partial charge in [0.2, 0.25) is 0 Å². The molecular formula is C17H23N5O2. The lowest BCUT2D eigenvalue weighted by molar-refractivity contribution is -0.145. The molecule has 128 valence electrons. The molecule has 2 aromatic heterocycles. The summed E-state index contributed by atoms with van der Waals surface area (Å²) < 4.78 is 6.90. The van der Waals surface area contributed by atoms with Crippen molar-refractivity contribution in [1.29, 1.82) is 5.26 Å². The second-order valence-electron chi connectivity index (χ2n) is 6.93. The fourth-order valence-corrected chi connectivity index (χ4v) is 2.56. The van der Waals surface area contributed by atoms with Gasteiger partial charge in [0.05, 0.1) is 6.20 Å². The highest BCUT2D eigenvalue weighted by Crippen LogP contribution is 2.26. The van der Waals surface area contributed by atoms with Crippen molar-refractivity contribution >= 4 is 17.4 Å². The van der Waals surface area contributed by atoms with Crippen LogP contribution in [0, 0.1) is 18.3 Å². The summed E-state index contributed by atoms with van der Waals surface area (Å²) in [6, 6.07) is 2.11. The smallest absolute Gasteiger partial charge is 0.302 e. The van der Waals surface area contributed by atoms with Crippen molar-refractivity contribution in [2.45, 2.75) is 59.6 Å². The van der Waals surface area contributed by atoms with E-state index in [1.165, 1.54) is 13.1 Å². The highest BCUT2D eigenvalue weighted by atomic mass is 16.5. The van der Waals surface area contributed by atoms with Crippen LogP contribution in [0.25, 0.3) is 5.65 Å². The standard InChI is InChI=1S/C17H23N5O2/c1-10(24-12(3)23)7-14-11(2)20-15-13(8-18)9-19-22(15)16(14)21-17(4,5)6/h9-10,21H,7H2,1-6H3. The van der Waals surface area contributed by atoms with E-state index in [1.807, 2.05) is 34.6 Å². The van der Waals surface area contributed by atoms with Gasteiger partial charge >= 0.3 is 5.97 Å². The SMILES string of the molecule is CC(=O)OC(C)Cc1c(C)nc2c(C#N)cnn2c1NC(C)(C)C. The minimum absolute atomic E-state index is 0.209. The van der Waals surface area contributed by atoms with Crippen LogP contribution in [0.2, 0.25) is 0 Å². The number of nitrogens with one attached hydrogen (secondary N) is 1. The summed E-state index contributed by atoms with van der Waals surface area (Å²) in [7, 11) is 0. The predicted molar refractivity (Wildman–Crippen MR) is 90.7 cm³/mol. The van der Waals surface area contributed by atoms with Crippen molar-refractivity contribution < 1.29 is 9.53 Å². The van der Waals surface area contributed by atoms with Crippen molar-refractivity contribution in [1.82, 2.24) is 14.6 Å². The van der Waals surface area contributed by atoms with Crippen LogP contribution in [0.5, 0.6) is 0 Å². The number of aromatic nitrogens is 3. The van der Waals surface area contributed by atoms with Crippen LogP contribution in [0.1, 0.15) is 51.4 Å². The van der Waals surface area contributed by atoms with E-state index in [-0.39, 0.29) is 17.6 Å². The van der Waals surface area contributed by atoms with Crippen LogP contribution in [-0.2, 0) is 16.0 Å². The number of nitrogens with zero attached hydrogens (tertiary/aromatic N) is 4. The first-order valence-electron chi connectivity index (χ1n) is 7.85. The molecule has 0 bridgehead atoms. The molecule has 0 aliphatic heterocycles. The molecule has 0 aliphatic carbocycles. The molecule has 0 amide bonds. The number of hydrogen-bond donors (Lipinski definition) is 1. The van der Waals surface area contributed by atoms with Crippen molar-refractivity contribution in [3.05, 3.63) is 23.0 Å². The number of hydrogen-bond acceptors (Lipinski definition) is 6. The number of fused-ring (bicyclic) bond motifs is 1. The van der Waals surface area contributed by atoms with E-state index in [1.54, 1.807) is 4.52 Å². The molecule has 0 radical (unpaired) electrons. The zero-order valence-corrected chi connectivity index (χ0v) is 15.0. The first-order chi connectivity index (χ1) is 11.1. The normalized spacial score (nSPS) is 12.7. The zero-order valence-electron chi connectivity index (χ0n) is 15.0. The molecule has 0 saturated heterocycles. The number of rotatable bonds is 4. The molecule has 2 rings (SSSR count). The molecule has 0 fully saturated rings. The van der Waals surface area contributed by atoms with Gasteiger partial charge in [0.15, 0.2) is 5.65 Å². The van der Waals surface area contributed by atoms with Crippen LogP contribution in [-0.4, -0.2) is 32.2 Å². The summed E-state index contributed by atoms with van der Waals surface area (Å²) in [4.78, 5) is 15.7. The van der Waals surface area contributed by atoms with Gasteiger partial charge in [-0.15, -0.1) is 0 Å². The first kappa shape index (κ1) is 17.7. The molecule has 2 aromatic rings. The van der Waals surface area contributed by atoms with Crippen LogP contribution in [0.4, 0.5) is 5.82 Å². The first-order valence-corrected chi connectivity index (χ1v) is 7.85. The van der Waals surface area contributed by atoms with Crippen LogP contribution in [0.15, 0.2) is 6.20 Å². The third kappa shape index (κ3) is 3.82. The van der Waals surface area contributed by atoms with E-state index < -0.39 is 0 Å². The highest BCUT2D eigenvalue weighted by molar-refractivity contribution is 5.66. The lowest BCUT2D eigenvalue weighted by Crippen LogP contribution is -2.30. The maximum Gasteiger partial charge on any atom is 0.302 e. The van der Waals surface area contributed by atoms with Gasteiger partial charge in [-0.2, -0.15) is 14.9 Å². The molecule has 1 N–H and O–H groups in total. The van der Waals surface area contributed by atoms with Gasteiger partial charge in [0.25, 0.3) is 0 Å². The van der Waals surface area contributed by atoms with Crippen molar-refractivity contribution in [2.24, 2.45) is 0 Å². The molecular weight excluding hydrogens is 306 g/mol. The molecule has 0 spiro atoms. The van der Waals surface area contributed by atoms with Crippen molar-refractivity contribution in [3.8, 4) is 6.07 Å². The maximum absolute atomic E-state index is 11.2. The third-order valence-electron chi connectivity index (χ3n) is 3.42. The average molecular weight is 329 g/mol. The van der Waals surface area contributed by atoms with Crippen molar-refractivity contribution in [3.63, 3.8) is 0 Å². The molecule has 7 heteroatoms. The van der Waals surface area contributed by atoms with Gasteiger partial charge in [-0.3, -0.25) is 4.79 Å². The number of anilines is 1. The van der Waals surface area contributed by atoms with Crippen LogP contribution in [0.3, 0.4) is 0 Å². The Morgan fingerprint density at radius 2 is 2.17 bits per heavy atom. The van der Waals surface area contributed by atoms with Gasteiger partial charge in [-0.25, -0.2) is 4.98 Å². The Bertz CT molecular complexity index is 811. The quantitative estimate of drug-likeness (QED) is 0.867. The second-order valence-corrected chi connectivity index (χ2v) is 6.93. The molecule has 0 saturated carbocycles. The van der Waals surface area contributed by atoms with E-state index in [4.69, 9.17) is 4.74 Å². The Morgan fingerprint density at radius 3 is 2.71 bits per heavy atom. The van der Waals surface area contributed by atoms with E-state index in [2.05, 4.69) is 21.5 Å². The molecule has 1 unspecified atom stereocenters. The van der Waals surface area contributed by atoms with Crippen LogP contribution >= 0.6 is 0 Å². The Kier molecular flexibility index (Phi) is 4.78. The number of carbonyl (C=O) groups is 1. The second kappa shape index (κ2) is 6.48. The van der Waals surface area contributed by atoms with E-state index in [0.29, 0.717) is 17.6 Å². The topological polar surface area (TPSA) is 92.3 Å². The molecule has 7 nitrogen and oxygen atoms in total.